The molecule has 6 nitrogen and oxygen atoms in total. The van der Waals surface area contributed by atoms with Crippen molar-refractivity contribution in [2.75, 3.05) is 23.3 Å². The van der Waals surface area contributed by atoms with Gasteiger partial charge in [0.05, 0.1) is 11.9 Å². The van der Waals surface area contributed by atoms with E-state index in [9.17, 15) is 0 Å². The van der Waals surface area contributed by atoms with Gasteiger partial charge in [0, 0.05) is 37.6 Å². The largest absolute Gasteiger partial charge is 0.457 e. The summed E-state index contributed by atoms with van der Waals surface area (Å²) in [4.78, 5) is 10.9. The normalized spacial score (nSPS) is 14.2. The lowest BCUT2D eigenvalue weighted by Gasteiger charge is -2.33. The van der Waals surface area contributed by atoms with Crippen LogP contribution in [-0.2, 0) is 0 Å². The third-order valence-electron chi connectivity index (χ3n) is 5.02. The van der Waals surface area contributed by atoms with Crippen LogP contribution in [0.4, 0.5) is 11.5 Å². The zero-order valence-electron chi connectivity index (χ0n) is 16.9. The number of thiocarbonyl (C=S) groups is 1. The van der Waals surface area contributed by atoms with E-state index in [0.717, 1.165) is 48.9 Å². The van der Waals surface area contributed by atoms with Crippen molar-refractivity contribution in [2.24, 2.45) is 0 Å². The van der Waals surface area contributed by atoms with E-state index < -0.39 is 0 Å². The first kappa shape index (κ1) is 20.1. The van der Waals surface area contributed by atoms with Crippen LogP contribution in [0.3, 0.4) is 0 Å². The number of ether oxygens (including phenoxy) is 1. The van der Waals surface area contributed by atoms with Gasteiger partial charge in [-0.3, -0.25) is 4.98 Å². The van der Waals surface area contributed by atoms with E-state index in [4.69, 9.17) is 17.0 Å². The topological polar surface area (TPSA) is 62.3 Å². The minimum absolute atomic E-state index is 0.338. The number of aromatic nitrogens is 2. The van der Waals surface area contributed by atoms with Gasteiger partial charge in [-0.25, -0.2) is 4.98 Å². The maximum absolute atomic E-state index is 6.01. The van der Waals surface area contributed by atoms with Gasteiger partial charge < -0.3 is 20.3 Å². The predicted molar refractivity (Wildman–Crippen MR) is 124 cm³/mol. The van der Waals surface area contributed by atoms with Crippen molar-refractivity contribution in [3.63, 3.8) is 0 Å². The summed E-state index contributed by atoms with van der Waals surface area (Å²) in [5.41, 5.74) is 2.06. The van der Waals surface area contributed by atoms with Crippen LogP contribution >= 0.6 is 12.2 Å². The molecular weight excluding hydrogens is 394 g/mol. The van der Waals surface area contributed by atoms with Gasteiger partial charge in [-0.15, -0.1) is 0 Å². The molecule has 0 aliphatic carbocycles. The van der Waals surface area contributed by atoms with Crippen LogP contribution in [0.15, 0.2) is 67.1 Å². The van der Waals surface area contributed by atoms with Gasteiger partial charge in [0.25, 0.3) is 0 Å². The number of aryl methyl sites for hydroxylation is 1. The Balaban J connectivity index is 1.30. The molecule has 7 heteroatoms. The molecule has 2 aromatic heterocycles. The number of rotatable bonds is 5. The van der Waals surface area contributed by atoms with Crippen molar-refractivity contribution >= 4 is 28.8 Å². The van der Waals surface area contributed by atoms with Gasteiger partial charge in [-0.1, -0.05) is 12.1 Å². The smallest absolute Gasteiger partial charge is 0.171 e. The lowest BCUT2D eigenvalue weighted by molar-refractivity contribution is 0.462. The first-order chi connectivity index (χ1) is 14.7. The van der Waals surface area contributed by atoms with Gasteiger partial charge in [0.2, 0.25) is 0 Å². The van der Waals surface area contributed by atoms with E-state index in [1.807, 2.05) is 42.5 Å². The monoisotopic (exact) mass is 419 g/mol. The number of nitrogens with zero attached hydrogens (tertiary/aromatic N) is 3. The second-order valence-corrected chi connectivity index (χ2v) is 7.78. The molecule has 0 spiro atoms. The van der Waals surface area contributed by atoms with Crippen molar-refractivity contribution in [3.05, 3.63) is 72.7 Å². The number of hydrogen-bond donors (Lipinski definition) is 2. The van der Waals surface area contributed by atoms with Crippen LogP contribution in [0.25, 0.3) is 0 Å². The van der Waals surface area contributed by atoms with E-state index in [0.29, 0.717) is 11.2 Å². The fraction of sp³-hybridized carbons (Fsp3) is 0.261. The highest BCUT2D eigenvalue weighted by atomic mass is 32.1. The van der Waals surface area contributed by atoms with Crippen LogP contribution in [0.5, 0.6) is 11.5 Å². The lowest BCUT2D eigenvalue weighted by atomic mass is 10.1. The third kappa shape index (κ3) is 5.45. The Kier molecular flexibility index (Phi) is 6.39. The Morgan fingerprint density at radius 3 is 2.67 bits per heavy atom. The summed E-state index contributed by atoms with van der Waals surface area (Å²) < 4.78 is 6.01. The minimum atomic E-state index is 0.338. The number of nitrogens with one attached hydrogen (secondary N) is 2. The molecule has 30 heavy (non-hydrogen) atoms. The molecule has 3 heterocycles. The number of benzene rings is 1. The van der Waals surface area contributed by atoms with Crippen molar-refractivity contribution < 1.29 is 4.74 Å². The molecule has 4 rings (SSSR count). The molecule has 0 atom stereocenters. The number of piperidine rings is 1. The molecule has 2 N–H and O–H groups in total. The fourth-order valence-corrected chi connectivity index (χ4v) is 3.78. The maximum Gasteiger partial charge on any atom is 0.171 e. The summed E-state index contributed by atoms with van der Waals surface area (Å²) in [5, 5.41) is 7.22. The first-order valence-electron chi connectivity index (χ1n) is 10.1. The second kappa shape index (κ2) is 9.54. The molecule has 3 aromatic rings. The molecule has 1 fully saturated rings. The van der Waals surface area contributed by atoms with Crippen LogP contribution in [0.1, 0.15) is 18.4 Å². The number of pyridine rings is 2. The summed E-state index contributed by atoms with van der Waals surface area (Å²) in [7, 11) is 0. The number of hydrogen-bond acceptors (Lipinski definition) is 5. The number of anilines is 2. The molecule has 1 aromatic carbocycles. The molecule has 0 bridgehead atoms. The zero-order chi connectivity index (χ0) is 20.8. The molecule has 1 saturated heterocycles. The molecule has 0 amide bonds. The molecular formula is C23H25N5OS. The SMILES string of the molecule is Cc1cccc(Oc2ccnc(N3CCC(NC(=S)Nc4cccnc4)CC3)c2)c1. The van der Waals surface area contributed by atoms with Crippen molar-refractivity contribution in [3.8, 4) is 11.5 Å². The Labute approximate surface area is 182 Å². The molecule has 1 aliphatic rings. The maximum atomic E-state index is 6.01. The van der Waals surface area contributed by atoms with Crippen molar-refractivity contribution in [2.45, 2.75) is 25.8 Å². The fourth-order valence-electron chi connectivity index (χ4n) is 3.49. The van der Waals surface area contributed by atoms with Gasteiger partial charge in [0.15, 0.2) is 5.11 Å². The van der Waals surface area contributed by atoms with Gasteiger partial charge in [-0.2, -0.15) is 0 Å². The Morgan fingerprint density at radius 1 is 1.07 bits per heavy atom. The summed E-state index contributed by atoms with van der Waals surface area (Å²) in [6.07, 6.45) is 7.27. The average Bonchev–Trinajstić information content (AvgIpc) is 2.75. The van der Waals surface area contributed by atoms with E-state index >= 15 is 0 Å². The third-order valence-corrected chi connectivity index (χ3v) is 5.24. The van der Waals surface area contributed by atoms with Crippen LogP contribution < -0.4 is 20.3 Å². The second-order valence-electron chi connectivity index (χ2n) is 7.37. The molecule has 0 saturated carbocycles. The van der Waals surface area contributed by atoms with Gasteiger partial charge >= 0.3 is 0 Å². The highest BCUT2D eigenvalue weighted by molar-refractivity contribution is 7.80. The summed E-state index contributed by atoms with van der Waals surface area (Å²) in [6, 6.07) is 16.1. The standard InChI is InChI=1S/C23H25N5OS/c1-17-4-2-6-20(14-17)29-21-7-11-25-22(15-21)28-12-8-18(9-13-28)26-23(30)27-19-5-3-10-24-16-19/h2-7,10-11,14-16,18H,8-9,12-13H2,1H3,(H2,26,27,30). The Hall–Kier alpha value is -3.19. The highest BCUT2D eigenvalue weighted by Gasteiger charge is 2.21. The Morgan fingerprint density at radius 2 is 1.90 bits per heavy atom. The average molecular weight is 420 g/mol. The minimum Gasteiger partial charge on any atom is -0.457 e. The summed E-state index contributed by atoms with van der Waals surface area (Å²) in [5.74, 6) is 2.58. The van der Waals surface area contributed by atoms with Crippen LogP contribution in [-0.4, -0.2) is 34.2 Å². The molecule has 0 radical (unpaired) electrons. The summed E-state index contributed by atoms with van der Waals surface area (Å²) in [6.45, 7) is 3.88. The van der Waals surface area contributed by atoms with Crippen molar-refractivity contribution in [1.29, 1.82) is 0 Å². The Bertz CT molecular complexity index is 990. The van der Waals surface area contributed by atoms with E-state index in [1.165, 1.54) is 5.56 Å². The van der Waals surface area contributed by atoms with Crippen LogP contribution in [0.2, 0.25) is 0 Å². The van der Waals surface area contributed by atoms with E-state index in [1.54, 1.807) is 18.6 Å². The predicted octanol–water partition coefficient (Wildman–Crippen LogP) is 4.53. The lowest BCUT2D eigenvalue weighted by Crippen LogP contribution is -2.46. The van der Waals surface area contributed by atoms with E-state index in [-0.39, 0.29) is 0 Å². The van der Waals surface area contributed by atoms with Gasteiger partial charge in [0.1, 0.15) is 17.3 Å². The highest BCUT2D eigenvalue weighted by Crippen LogP contribution is 2.26. The molecule has 0 unspecified atom stereocenters. The molecule has 154 valence electrons. The van der Waals surface area contributed by atoms with E-state index in [2.05, 4.69) is 38.5 Å². The van der Waals surface area contributed by atoms with Crippen molar-refractivity contribution in [1.82, 2.24) is 15.3 Å². The zero-order valence-corrected chi connectivity index (χ0v) is 17.7. The van der Waals surface area contributed by atoms with Crippen LogP contribution in [0, 0.1) is 6.92 Å². The molecule has 1 aliphatic heterocycles. The quantitative estimate of drug-likeness (QED) is 0.589. The summed E-state index contributed by atoms with van der Waals surface area (Å²) >= 11 is 5.44. The first-order valence-corrected chi connectivity index (χ1v) is 10.5. The van der Waals surface area contributed by atoms with Gasteiger partial charge in [-0.05, 0) is 67.9 Å².